The van der Waals surface area contributed by atoms with Gasteiger partial charge >= 0.3 is 7.82 Å². The summed E-state index contributed by atoms with van der Waals surface area (Å²) in [7, 11) is -6.74. The highest BCUT2D eigenvalue weighted by Crippen LogP contribution is 2.25. The molecule has 0 bridgehead atoms. The van der Waals surface area contributed by atoms with E-state index in [9.17, 15) is 8.42 Å². The summed E-state index contributed by atoms with van der Waals surface area (Å²) in [5.41, 5.74) is 0. The van der Waals surface area contributed by atoms with Crippen LogP contribution in [0, 0.1) is 0 Å². The third-order valence-electron chi connectivity index (χ3n) is 0.258. The molecule has 6 nitrogen and oxygen atoms in total. The lowest BCUT2D eigenvalue weighted by Gasteiger charge is -1.82. The van der Waals surface area contributed by atoms with Crippen molar-refractivity contribution in [3.05, 3.63) is 0 Å². The minimum atomic E-state index is -4.64. The van der Waals surface area contributed by atoms with E-state index in [1.165, 1.54) is 0 Å². The number of hydrogen-bond donors (Lipinski definition) is 4. The molecule has 0 saturated heterocycles. The molecule has 0 aromatic carbocycles. The number of thiol groups is 1. The zero-order valence-electron chi connectivity index (χ0n) is 5.17. The van der Waals surface area contributed by atoms with Gasteiger partial charge in [-0.1, -0.05) is 6.92 Å². The van der Waals surface area contributed by atoms with Gasteiger partial charge in [-0.05, 0) is 0 Å². The van der Waals surface area contributed by atoms with E-state index in [0.717, 1.165) is 0 Å². The maximum absolute atomic E-state index is 9.41. The van der Waals surface area contributed by atoms with E-state index in [4.69, 9.17) is 19.2 Å². The molecule has 0 aromatic heterocycles. The summed E-state index contributed by atoms with van der Waals surface area (Å²) >= 11 is 0. The summed E-state index contributed by atoms with van der Waals surface area (Å²) in [6.07, 6.45) is 0. The van der Waals surface area contributed by atoms with Gasteiger partial charge in [-0.25, -0.2) is 13.0 Å². The van der Waals surface area contributed by atoms with Crippen LogP contribution in [0.2, 0.25) is 0 Å². The Kier molecular flexibility index (Phi) is 7.39. The topological polar surface area (TPSA) is 112 Å². The fourth-order valence-electron chi connectivity index (χ4n) is 0. The SMILES string of the molecule is CC[SH](=O)=O.O=P(O)(O)O. The van der Waals surface area contributed by atoms with Gasteiger partial charge in [0.25, 0.3) is 0 Å². The van der Waals surface area contributed by atoms with Crippen molar-refractivity contribution in [3.8, 4) is 0 Å². The Morgan fingerprint density at radius 2 is 1.40 bits per heavy atom. The summed E-state index contributed by atoms with van der Waals surface area (Å²) in [4.78, 5) is 21.6. The molecule has 0 rings (SSSR count). The van der Waals surface area contributed by atoms with Crippen molar-refractivity contribution < 1.29 is 27.7 Å². The van der Waals surface area contributed by atoms with Gasteiger partial charge in [-0.15, -0.1) is 0 Å². The first kappa shape index (κ1) is 12.7. The van der Waals surface area contributed by atoms with Gasteiger partial charge < -0.3 is 14.7 Å². The summed E-state index contributed by atoms with van der Waals surface area (Å²) in [5, 5.41) is 0. The Labute approximate surface area is 59.7 Å². The van der Waals surface area contributed by atoms with Crippen LogP contribution in [-0.2, 0) is 15.3 Å². The molecule has 0 aliphatic rings. The molecule has 64 valence electrons. The molecule has 0 atom stereocenters. The second-order valence-electron chi connectivity index (χ2n) is 1.16. The summed E-state index contributed by atoms with van der Waals surface area (Å²) < 4.78 is 27.7. The Balaban J connectivity index is 0. The zero-order chi connectivity index (χ0) is 8.78. The molecule has 0 fully saturated rings. The first-order valence-corrected chi connectivity index (χ1v) is 5.10. The van der Waals surface area contributed by atoms with Crippen molar-refractivity contribution in [2.45, 2.75) is 6.92 Å². The van der Waals surface area contributed by atoms with Crippen LogP contribution < -0.4 is 0 Å². The Morgan fingerprint density at radius 3 is 1.40 bits per heavy atom. The molecule has 0 heterocycles. The van der Waals surface area contributed by atoms with Gasteiger partial charge in [0, 0.05) is 5.75 Å². The fourth-order valence-corrected chi connectivity index (χ4v) is 0. The quantitative estimate of drug-likeness (QED) is 0.303. The first-order chi connectivity index (χ1) is 4.27. The normalized spacial score (nSPS) is 10.5. The third kappa shape index (κ3) is 94.7. The van der Waals surface area contributed by atoms with Crippen molar-refractivity contribution in [2.75, 3.05) is 5.75 Å². The smallest absolute Gasteiger partial charge is 0.303 e. The molecule has 0 amide bonds. The molecule has 8 heteroatoms. The lowest BCUT2D eigenvalue weighted by molar-refractivity contribution is 0.275. The second-order valence-corrected chi connectivity index (χ2v) is 3.49. The van der Waals surface area contributed by atoms with Gasteiger partial charge in [0.15, 0.2) is 0 Å². The van der Waals surface area contributed by atoms with E-state index in [0.29, 0.717) is 0 Å². The van der Waals surface area contributed by atoms with Crippen LogP contribution in [0.3, 0.4) is 0 Å². The standard InChI is InChI=1S/C2H6O2S.H3O4P/c1-2-5(3)4;1-5(2,3)4/h5H,2H2,1H3;(H3,1,2,3,4). The minimum Gasteiger partial charge on any atom is -0.303 e. The highest BCUT2D eigenvalue weighted by atomic mass is 32.2. The fraction of sp³-hybridized carbons (Fsp3) is 1.00. The molecule has 3 N–H and O–H groups in total. The molecule has 10 heavy (non-hydrogen) atoms. The van der Waals surface area contributed by atoms with E-state index < -0.39 is 18.5 Å². The predicted molar refractivity (Wildman–Crippen MR) is 35.1 cm³/mol. The first-order valence-electron chi connectivity index (χ1n) is 2.17. The lowest BCUT2D eigenvalue weighted by atomic mass is 11.0. The van der Waals surface area contributed by atoms with Gasteiger partial charge in [-0.3, -0.25) is 0 Å². The van der Waals surface area contributed by atoms with Crippen LogP contribution in [0.15, 0.2) is 0 Å². The third-order valence-corrected chi connectivity index (χ3v) is 0.775. The van der Waals surface area contributed by atoms with Crippen LogP contribution in [0.1, 0.15) is 6.92 Å². The van der Waals surface area contributed by atoms with E-state index in [2.05, 4.69) is 0 Å². The molecular formula is C2H9O6PS. The molecule has 0 aliphatic carbocycles. The maximum atomic E-state index is 9.41. The molecule has 0 aromatic rings. The van der Waals surface area contributed by atoms with E-state index in [1.807, 2.05) is 0 Å². The van der Waals surface area contributed by atoms with Crippen molar-refractivity contribution in [1.82, 2.24) is 0 Å². The summed E-state index contributed by atoms with van der Waals surface area (Å²) in [6, 6.07) is 0. The van der Waals surface area contributed by atoms with Crippen LogP contribution >= 0.6 is 7.82 Å². The average molecular weight is 192 g/mol. The molecule has 0 aliphatic heterocycles. The van der Waals surface area contributed by atoms with E-state index in [1.54, 1.807) is 6.92 Å². The van der Waals surface area contributed by atoms with Gasteiger partial charge in [-0.2, -0.15) is 0 Å². The number of rotatable bonds is 1. The monoisotopic (exact) mass is 192 g/mol. The van der Waals surface area contributed by atoms with Crippen molar-refractivity contribution in [1.29, 1.82) is 0 Å². The van der Waals surface area contributed by atoms with Gasteiger partial charge in [0.2, 0.25) is 0 Å². The van der Waals surface area contributed by atoms with Crippen molar-refractivity contribution >= 4 is 18.5 Å². The Morgan fingerprint density at radius 1 is 1.30 bits per heavy atom. The Hall–Kier alpha value is 0.0600. The average Bonchev–Trinajstić information content (AvgIpc) is 1.61. The van der Waals surface area contributed by atoms with Crippen molar-refractivity contribution in [3.63, 3.8) is 0 Å². The minimum absolute atomic E-state index is 0.259. The van der Waals surface area contributed by atoms with Crippen LogP contribution in [-0.4, -0.2) is 28.9 Å². The summed E-state index contributed by atoms with van der Waals surface area (Å²) in [5.74, 6) is 0.259. The van der Waals surface area contributed by atoms with E-state index in [-0.39, 0.29) is 5.75 Å². The Bertz CT molecular complexity index is 162. The molecule has 0 radical (unpaired) electrons. The van der Waals surface area contributed by atoms with Crippen molar-refractivity contribution in [2.24, 2.45) is 0 Å². The van der Waals surface area contributed by atoms with E-state index >= 15 is 0 Å². The lowest BCUT2D eigenvalue weighted by Crippen LogP contribution is -1.73. The highest BCUT2D eigenvalue weighted by molar-refractivity contribution is 7.72. The second kappa shape index (κ2) is 5.82. The number of phosphoric acid groups is 1. The predicted octanol–water partition coefficient (Wildman–Crippen LogP) is -1.31. The van der Waals surface area contributed by atoms with Crippen LogP contribution in [0.25, 0.3) is 0 Å². The van der Waals surface area contributed by atoms with Crippen LogP contribution in [0.4, 0.5) is 0 Å². The van der Waals surface area contributed by atoms with Gasteiger partial charge in [0.05, 0.1) is 0 Å². The number of hydrogen-bond acceptors (Lipinski definition) is 3. The molecule has 0 spiro atoms. The van der Waals surface area contributed by atoms with Crippen LogP contribution in [0.5, 0.6) is 0 Å². The molecular weight excluding hydrogens is 183 g/mol. The highest BCUT2D eigenvalue weighted by Gasteiger charge is 2.00. The largest absolute Gasteiger partial charge is 0.466 e. The summed E-state index contributed by atoms with van der Waals surface area (Å²) in [6.45, 7) is 1.60. The van der Waals surface area contributed by atoms with Gasteiger partial charge in [0.1, 0.15) is 10.7 Å². The molecule has 0 saturated carbocycles. The maximum Gasteiger partial charge on any atom is 0.466 e. The zero-order valence-corrected chi connectivity index (χ0v) is 6.96. The molecule has 0 unspecified atom stereocenters.